The first-order valence-electron chi connectivity index (χ1n) is 11.7. The van der Waals surface area contributed by atoms with Gasteiger partial charge in [-0.15, -0.1) is 11.3 Å². The highest BCUT2D eigenvalue weighted by atomic mass is 79.9. The van der Waals surface area contributed by atoms with Crippen LogP contribution >= 0.6 is 27.3 Å². The van der Waals surface area contributed by atoms with Crippen molar-refractivity contribution >= 4 is 38.4 Å². The summed E-state index contributed by atoms with van der Waals surface area (Å²) in [6.45, 7) is 6.58. The fourth-order valence-corrected chi connectivity index (χ4v) is 7.19. The third kappa shape index (κ3) is 3.47. The predicted molar refractivity (Wildman–Crippen MR) is 137 cm³/mol. The standard InChI is InChI=1S/C27H27BrN2O3S/c1-15-4-7-23(33-12-17-5-6-21(28)16(2)9-17)18(8-15)22-13-34-26(29-22)30-11-20-24(25(31)32-3)19-10-27(19,20)14-30/h4-9,13,19-20,24H,10-12,14H2,1-3H3. The quantitative estimate of drug-likeness (QED) is 0.359. The number of benzene rings is 2. The summed E-state index contributed by atoms with van der Waals surface area (Å²) in [6.07, 6.45) is 1.15. The molecule has 7 heteroatoms. The first-order chi connectivity index (χ1) is 16.4. The number of rotatable bonds is 6. The van der Waals surface area contributed by atoms with E-state index >= 15 is 0 Å². The maximum Gasteiger partial charge on any atom is 0.309 e. The Morgan fingerprint density at radius 1 is 1.24 bits per heavy atom. The van der Waals surface area contributed by atoms with Crippen molar-refractivity contribution in [3.8, 4) is 17.0 Å². The molecule has 1 aromatic heterocycles. The molecule has 0 amide bonds. The molecule has 2 saturated carbocycles. The van der Waals surface area contributed by atoms with Crippen LogP contribution in [0.25, 0.3) is 11.3 Å². The van der Waals surface area contributed by atoms with E-state index in [1.165, 1.54) is 18.2 Å². The van der Waals surface area contributed by atoms with Gasteiger partial charge in [-0.25, -0.2) is 4.98 Å². The molecule has 3 aromatic rings. The Morgan fingerprint density at radius 2 is 2.09 bits per heavy atom. The lowest BCUT2D eigenvalue weighted by Gasteiger charge is -2.36. The van der Waals surface area contributed by atoms with Gasteiger partial charge < -0.3 is 14.4 Å². The maximum atomic E-state index is 12.2. The van der Waals surface area contributed by atoms with Crippen LogP contribution in [0.1, 0.15) is 23.1 Å². The number of aryl methyl sites for hydroxylation is 2. The van der Waals surface area contributed by atoms with Gasteiger partial charge in [0, 0.05) is 28.5 Å². The molecule has 4 unspecified atom stereocenters. The molecule has 2 aromatic carbocycles. The van der Waals surface area contributed by atoms with E-state index < -0.39 is 0 Å². The van der Waals surface area contributed by atoms with E-state index in [2.05, 4.69) is 70.4 Å². The number of thiazole rings is 1. The van der Waals surface area contributed by atoms with Gasteiger partial charge in [-0.1, -0.05) is 39.7 Å². The zero-order valence-corrected chi connectivity index (χ0v) is 21.9. The van der Waals surface area contributed by atoms with Crippen molar-refractivity contribution in [1.82, 2.24) is 4.98 Å². The Balaban J connectivity index is 1.21. The molecule has 2 heterocycles. The number of carbonyl (C=O) groups is 1. The number of halogens is 1. The van der Waals surface area contributed by atoms with Gasteiger partial charge in [-0.3, -0.25) is 4.79 Å². The normalized spacial score (nSPS) is 26.5. The van der Waals surface area contributed by atoms with Crippen LogP contribution in [0.4, 0.5) is 5.13 Å². The molecule has 0 bridgehead atoms. The van der Waals surface area contributed by atoms with Gasteiger partial charge in [0.05, 0.1) is 18.7 Å². The highest BCUT2D eigenvalue weighted by Crippen LogP contribution is 2.77. The van der Waals surface area contributed by atoms with E-state index in [9.17, 15) is 4.79 Å². The van der Waals surface area contributed by atoms with Crippen molar-refractivity contribution in [1.29, 1.82) is 0 Å². The Morgan fingerprint density at radius 3 is 2.88 bits per heavy atom. The van der Waals surface area contributed by atoms with Crippen LogP contribution in [0.5, 0.6) is 5.75 Å². The van der Waals surface area contributed by atoms with Gasteiger partial charge in [-0.2, -0.15) is 0 Å². The number of carbonyl (C=O) groups excluding carboxylic acids is 1. The van der Waals surface area contributed by atoms with E-state index in [-0.39, 0.29) is 11.9 Å². The van der Waals surface area contributed by atoms with Crippen molar-refractivity contribution < 1.29 is 14.3 Å². The summed E-state index contributed by atoms with van der Waals surface area (Å²) < 4.78 is 12.4. The van der Waals surface area contributed by atoms with Crippen LogP contribution < -0.4 is 9.64 Å². The first-order valence-corrected chi connectivity index (χ1v) is 13.3. The molecule has 3 fully saturated rings. The zero-order valence-electron chi connectivity index (χ0n) is 19.5. The summed E-state index contributed by atoms with van der Waals surface area (Å²) in [7, 11) is 1.50. The second-order valence-electron chi connectivity index (χ2n) is 9.97. The average molecular weight is 539 g/mol. The lowest BCUT2D eigenvalue weighted by Crippen LogP contribution is -2.43. The average Bonchev–Trinajstić information content (AvgIpc) is 3.11. The number of esters is 1. The van der Waals surface area contributed by atoms with E-state index in [0.29, 0.717) is 23.9 Å². The fraction of sp³-hybridized carbons (Fsp3) is 0.407. The number of aromatic nitrogens is 1. The van der Waals surface area contributed by atoms with E-state index in [0.717, 1.165) is 51.7 Å². The topological polar surface area (TPSA) is 51.7 Å². The summed E-state index contributed by atoms with van der Waals surface area (Å²) in [4.78, 5) is 19.6. The van der Waals surface area contributed by atoms with Gasteiger partial charge in [0.2, 0.25) is 0 Å². The second-order valence-corrected chi connectivity index (χ2v) is 11.7. The Bertz CT molecular complexity index is 1290. The van der Waals surface area contributed by atoms with Gasteiger partial charge in [-0.05, 0) is 66.8 Å². The molecular weight excluding hydrogens is 512 g/mol. The highest BCUT2D eigenvalue weighted by Gasteiger charge is 2.78. The predicted octanol–water partition coefficient (Wildman–Crippen LogP) is 6.01. The van der Waals surface area contributed by atoms with Gasteiger partial charge in [0.15, 0.2) is 5.13 Å². The summed E-state index contributed by atoms with van der Waals surface area (Å²) in [6, 6.07) is 12.6. The minimum absolute atomic E-state index is 0.0349. The third-order valence-corrected chi connectivity index (χ3v) is 9.74. The summed E-state index contributed by atoms with van der Waals surface area (Å²) >= 11 is 5.24. The van der Waals surface area contributed by atoms with Gasteiger partial charge >= 0.3 is 5.97 Å². The van der Waals surface area contributed by atoms with Crippen molar-refractivity contribution in [3.63, 3.8) is 0 Å². The number of anilines is 1. The number of hydrogen-bond donors (Lipinski definition) is 0. The summed E-state index contributed by atoms with van der Waals surface area (Å²) in [5, 5.41) is 3.16. The summed E-state index contributed by atoms with van der Waals surface area (Å²) in [5.74, 6) is 1.80. The smallest absolute Gasteiger partial charge is 0.309 e. The molecule has 1 aliphatic heterocycles. The van der Waals surface area contributed by atoms with Crippen LogP contribution in [-0.2, 0) is 16.1 Å². The molecule has 34 heavy (non-hydrogen) atoms. The molecule has 1 saturated heterocycles. The van der Waals surface area contributed by atoms with E-state index in [1.807, 2.05) is 6.07 Å². The highest BCUT2D eigenvalue weighted by molar-refractivity contribution is 9.10. The number of ether oxygens (including phenoxy) is 2. The Hall–Kier alpha value is -2.38. The number of nitrogens with zero attached hydrogens (tertiary/aromatic N) is 2. The monoisotopic (exact) mass is 538 g/mol. The van der Waals surface area contributed by atoms with Crippen LogP contribution in [0.15, 0.2) is 46.3 Å². The molecule has 1 spiro atoms. The Labute approximate surface area is 212 Å². The number of methoxy groups -OCH3 is 1. The van der Waals surface area contributed by atoms with Gasteiger partial charge in [0.25, 0.3) is 0 Å². The molecule has 5 nitrogen and oxygen atoms in total. The van der Waals surface area contributed by atoms with Crippen LogP contribution in [0.2, 0.25) is 0 Å². The molecule has 0 N–H and O–H groups in total. The fourth-order valence-electron chi connectivity index (χ4n) is 6.10. The summed E-state index contributed by atoms with van der Waals surface area (Å²) in [5.41, 5.74) is 5.80. The molecule has 2 aliphatic carbocycles. The molecule has 6 rings (SSSR count). The largest absolute Gasteiger partial charge is 0.488 e. The van der Waals surface area contributed by atoms with Crippen molar-refractivity contribution in [2.45, 2.75) is 26.9 Å². The zero-order chi connectivity index (χ0) is 23.6. The molecule has 4 atom stereocenters. The SMILES string of the molecule is COC(=O)C1C2CN(c3nc(-c4cc(C)ccc4OCc4ccc(Br)c(C)c4)cs3)CC23CC13. The Kier molecular flexibility index (Phi) is 5.26. The molecule has 176 valence electrons. The lowest BCUT2D eigenvalue weighted by atomic mass is 9.66. The van der Waals surface area contributed by atoms with Crippen LogP contribution in [0, 0.1) is 37.0 Å². The van der Waals surface area contributed by atoms with E-state index in [1.54, 1.807) is 11.3 Å². The lowest BCUT2D eigenvalue weighted by molar-refractivity contribution is -0.153. The van der Waals surface area contributed by atoms with E-state index in [4.69, 9.17) is 14.5 Å². The van der Waals surface area contributed by atoms with Crippen LogP contribution in [-0.4, -0.2) is 31.2 Å². The van der Waals surface area contributed by atoms with Gasteiger partial charge in [0.1, 0.15) is 12.4 Å². The maximum absolute atomic E-state index is 12.2. The molecular formula is C27H27BrN2O3S. The molecule has 0 radical (unpaired) electrons. The minimum Gasteiger partial charge on any atom is -0.488 e. The first kappa shape index (κ1) is 22.1. The van der Waals surface area contributed by atoms with Crippen molar-refractivity contribution in [2.75, 3.05) is 25.1 Å². The minimum atomic E-state index is -0.0349. The number of hydrogen-bond acceptors (Lipinski definition) is 6. The molecule has 3 aliphatic rings. The second kappa shape index (κ2) is 8.09. The van der Waals surface area contributed by atoms with Crippen LogP contribution in [0.3, 0.4) is 0 Å². The van der Waals surface area contributed by atoms with Crippen molar-refractivity contribution in [2.24, 2.45) is 23.2 Å². The third-order valence-electron chi connectivity index (χ3n) is 7.95. The van der Waals surface area contributed by atoms with Crippen molar-refractivity contribution in [3.05, 3.63) is 62.9 Å².